The molecule has 0 atom stereocenters. The average Bonchev–Trinajstić information content (AvgIpc) is 2.74. The van der Waals surface area contributed by atoms with E-state index < -0.39 is 11.6 Å². The molecule has 7 heteroatoms. The molecule has 1 aromatic rings. The minimum atomic E-state index is -0.740. The Morgan fingerprint density at radius 3 is 2.60 bits per heavy atom. The van der Waals surface area contributed by atoms with Gasteiger partial charge in [-0.05, 0) is 57.2 Å². The van der Waals surface area contributed by atoms with Crippen LogP contribution in [0.5, 0.6) is 0 Å². The second-order valence-corrected chi connectivity index (χ2v) is 7.95. The fourth-order valence-electron chi connectivity index (χ4n) is 2.68. The molecule has 0 N–H and O–H groups in total. The highest BCUT2D eigenvalue weighted by molar-refractivity contribution is 7.98. The average molecular weight is 385 g/mol. The number of carbonyl (C=O) groups is 1. The topological polar surface area (TPSA) is 54.0 Å². The summed E-state index contributed by atoms with van der Waals surface area (Å²) < 4.78 is 16.3. The van der Waals surface area contributed by atoms with Crippen LogP contribution in [0.15, 0.2) is 28.9 Å². The molecule has 0 unspecified atom stereocenters. The third-order valence-corrected chi connectivity index (χ3v) is 4.94. The number of benzene rings is 1. The molecule has 0 amide bonds. The molecule has 0 aromatic heterocycles. The van der Waals surface area contributed by atoms with Gasteiger partial charge in [0.25, 0.3) is 0 Å². The van der Waals surface area contributed by atoms with Crippen LogP contribution in [0.3, 0.4) is 0 Å². The van der Waals surface area contributed by atoms with E-state index >= 15 is 0 Å². The lowest BCUT2D eigenvalue weighted by Gasteiger charge is -2.22. The molecule has 1 heterocycles. The summed E-state index contributed by atoms with van der Waals surface area (Å²) >= 11 is 2.88. The maximum atomic E-state index is 12.3. The van der Waals surface area contributed by atoms with E-state index in [-0.39, 0.29) is 6.10 Å². The summed E-state index contributed by atoms with van der Waals surface area (Å²) in [7, 11) is 1.47. The maximum absolute atomic E-state index is 12.3. The van der Waals surface area contributed by atoms with Gasteiger partial charge >= 0.3 is 5.97 Å². The van der Waals surface area contributed by atoms with Crippen molar-refractivity contribution >= 4 is 35.3 Å². The Morgan fingerprint density at radius 2 is 2.00 bits per heavy atom. The molecule has 0 spiro atoms. The van der Waals surface area contributed by atoms with Gasteiger partial charge in [0.05, 0.1) is 30.8 Å². The molecule has 1 aliphatic heterocycles. The van der Waals surface area contributed by atoms with Crippen molar-refractivity contribution in [3.63, 3.8) is 0 Å². The van der Waals surface area contributed by atoms with Crippen LogP contribution in [0.4, 0.5) is 0 Å². The van der Waals surface area contributed by atoms with Gasteiger partial charge in [0.2, 0.25) is 5.76 Å². The first kappa shape index (κ1) is 20.2. The van der Waals surface area contributed by atoms with E-state index in [9.17, 15) is 4.79 Å². The van der Waals surface area contributed by atoms with Gasteiger partial charge in [-0.2, -0.15) is 16.1 Å². The molecule has 0 bridgehead atoms. The molecule has 1 aliphatic rings. The van der Waals surface area contributed by atoms with Gasteiger partial charge in [-0.15, -0.1) is 0 Å². The Bertz CT molecular complexity index is 667. The first-order chi connectivity index (χ1) is 11.8. The Balaban J connectivity index is 2.51. The molecule has 0 aliphatic carbocycles. The van der Waals surface area contributed by atoms with E-state index in [1.54, 1.807) is 11.8 Å². The van der Waals surface area contributed by atoms with E-state index in [2.05, 4.69) is 11.0 Å². The standard InChI is InChI=1S/C18H24O5S2/c1-11(2)21-16-15(18(3,4)22-17(16)19)12-7-8-14(25-23-20-5)13(9-12)10-24-6/h7-9,11H,10H2,1-6H3. The second kappa shape index (κ2) is 8.49. The SMILES string of the molecule is COOSc1ccc(C2=C(OC(C)C)C(=O)OC2(C)C)cc1CSC. The van der Waals surface area contributed by atoms with Crippen molar-refractivity contribution in [1.82, 2.24) is 0 Å². The highest BCUT2D eigenvalue weighted by Gasteiger charge is 2.43. The normalized spacial score (nSPS) is 16.5. The molecular formula is C18H24O5S2. The van der Waals surface area contributed by atoms with Gasteiger partial charge in [-0.3, -0.25) is 0 Å². The first-order valence-corrected chi connectivity index (χ1v) is 10.1. The molecular weight excluding hydrogens is 360 g/mol. The fourth-order valence-corrected chi connectivity index (χ4v) is 3.83. The van der Waals surface area contributed by atoms with Crippen molar-refractivity contribution in [3.05, 3.63) is 35.1 Å². The predicted octanol–water partition coefficient (Wildman–Crippen LogP) is 4.61. The van der Waals surface area contributed by atoms with Crippen molar-refractivity contribution in [2.45, 2.75) is 50.0 Å². The molecule has 2 rings (SSSR count). The third-order valence-electron chi connectivity index (χ3n) is 3.56. The summed E-state index contributed by atoms with van der Waals surface area (Å²) in [6.07, 6.45) is 1.93. The zero-order chi connectivity index (χ0) is 18.6. The number of carbonyl (C=O) groups excluding carboxylic acids is 1. The number of cyclic esters (lactones) is 1. The van der Waals surface area contributed by atoms with Crippen molar-refractivity contribution < 1.29 is 23.5 Å². The third kappa shape index (κ3) is 4.73. The Labute approximate surface area is 157 Å². The van der Waals surface area contributed by atoms with Gasteiger partial charge in [-0.25, -0.2) is 9.68 Å². The smallest absolute Gasteiger partial charge is 0.374 e. The van der Waals surface area contributed by atoms with Crippen LogP contribution in [0, 0.1) is 0 Å². The molecule has 0 saturated heterocycles. The minimum absolute atomic E-state index is 0.109. The summed E-state index contributed by atoms with van der Waals surface area (Å²) in [5.74, 6) is 0.691. The van der Waals surface area contributed by atoms with Crippen LogP contribution < -0.4 is 0 Å². The van der Waals surface area contributed by atoms with Gasteiger partial charge < -0.3 is 9.47 Å². The van der Waals surface area contributed by atoms with E-state index in [1.165, 1.54) is 19.2 Å². The predicted molar refractivity (Wildman–Crippen MR) is 101 cm³/mol. The van der Waals surface area contributed by atoms with Crippen molar-refractivity contribution in [2.24, 2.45) is 0 Å². The number of hydrogen-bond acceptors (Lipinski definition) is 7. The summed E-state index contributed by atoms with van der Waals surface area (Å²) in [5.41, 5.74) is 2.05. The van der Waals surface area contributed by atoms with Crippen LogP contribution in [-0.4, -0.2) is 31.0 Å². The summed E-state index contributed by atoms with van der Waals surface area (Å²) in [4.78, 5) is 17.9. The van der Waals surface area contributed by atoms with Gasteiger partial charge in [0.15, 0.2) is 0 Å². The fraction of sp³-hybridized carbons (Fsp3) is 0.500. The molecule has 138 valence electrons. The highest BCUT2D eigenvalue weighted by atomic mass is 32.2. The zero-order valence-corrected chi connectivity index (χ0v) is 17.0. The Hall–Kier alpha value is -1.15. The van der Waals surface area contributed by atoms with Crippen LogP contribution in [0.2, 0.25) is 0 Å². The number of thioether (sulfide) groups is 1. The molecule has 5 nitrogen and oxygen atoms in total. The van der Waals surface area contributed by atoms with E-state index in [0.29, 0.717) is 5.76 Å². The quantitative estimate of drug-likeness (QED) is 0.281. The van der Waals surface area contributed by atoms with Crippen molar-refractivity contribution in [3.8, 4) is 0 Å². The Kier molecular flexibility index (Phi) is 6.85. The summed E-state index contributed by atoms with van der Waals surface area (Å²) in [6.45, 7) is 7.54. The van der Waals surface area contributed by atoms with Crippen LogP contribution in [0.1, 0.15) is 38.8 Å². The lowest BCUT2D eigenvalue weighted by molar-refractivity contribution is -0.160. The molecule has 0 saturated carbocycles. The minimum Gasteiger partial charge on any atom is -0.484 e. The van der Waals surface area contributed by atoms with Gasteiger partial charge in [0, 0.05) is 10.6 Å². The Morgan fingerprint density at radius 1 is 1.28 bits per heavy atom. The monoisotopic (exact) mass is 384 g/mol. The molecule has 0 radical (unpaired) electrons. The highest BCUT2D eigenvalue weighted by Crippen LogP contribution is 2.41. The lowest BCUT2D eigenvalue weighted by Crippen LogP contribution is -2.22. The van der Waals surface area contributed by atoms with Gasteiger partial charge in [0.1, 0.15) is 5.60 Å². The number of ether oxygens (including phenoxy) is 2. The van der Waals surface area contributed by atoms with Gasteiger partial charge in [-0.1, -0.05) is 6.07 Å². The van der Waals surface area contributed by atoms with Crippen molar-refractivity contribution in [1.29, 1.82) is 0 Å². The first-order valence-electron chi connectivity index (χ1n) is 7.94. The largest absolute Gasteiger partial charge is 0.484 e. The number of rotatable bonds is 8. The molecule has 25 heavy (non-hydrogen) atoms. The second-order valence-electron chi connectivity index (χ2n) is 6.34. The number of hydrogen-bond donors (Lipinski definition) is 0. The van der Waals surface area contributed by atoms with E-state index in [1.807, 2.05) is 46.1 Å². The maximum Gasteiger partial charge on any atom is 0.374 e. The zero-order valence-electron chi connectivity index (χ0n) is 15.4. The van der Waals surface area contributed by atoms with Crippen molar-refractivity contribution in [2.75, 3.05) is 13.4 Å². The lowest BCUT2D eigenvalue weighted by atomic mass is 9.91. The van der Waals surface area contributed by atoms with Crippen LogP contribution in [0.25, 0.3) is 5.57 Å². The van der Waals surface area contributed by atoms with E-state index in [4.69, 9.17) is 13.8 Å². The number of esters is 1. The molecule has 0 fully saturated rings. The van der Waals surface area contributed by atoms with Crippen LogP contribution >= 0.6 is 23.8 Å². The van der Waals surface area contributed by atoms with Crippen LogP contribution in [-0.2, 0) is 29.2 Å². The van der Waals surface area contributed by atoms with E-state index in [0.717, 1.165) is 27.3 Å². The molecule has 1 aromatic carbocycles. The summed E-state index contributed by atoms with van der Waals surface area (Å²) in [6, 6.07) is 5.97. The summed E-state index contributed by atoms with van der Waals surface area (Å²) in [5, 5.41) is 0.